The van der Waals surface area contributed by atoms with Gasteiger partial charge in [0.1, 0.15) is 6.33 Å². The van der Waals surface area contributed by atoms with Gasteiger partial charge in [-0.15, -0.1) is 11.8 Å². The minimum Gasteiger partial charge on any atom is -0.245 e. The van der Waals surface area contributed by atoms with Crippen molar-refractivity contribution in [3.05, 3.63) is 24.3 Å². The molecule has 0 spiro atoms. The fourth-order valence-electron chi connectivity index (χ4n) is 0.568. The van der Waals surface area contributed by atoms with Crippen LogP contribution in [0.3, 0.4) is 0 Å². The van der Waals surface area contributed by atoms with Crippen LogP contribution in [0.2, 0.25) is 0 Å². The first-order chi connectivity index (χ1) is 4.84. The van der Waals surface area contributed by atoms with Gasteiger partial charge >= 0.3 is 0 Å². The van der Waals surface area contributed by atoms with E-state index in [2.05, 4.69) is 22.6 Å². The molecule has 0 amide bonds. The first kappa shape index (κ1) is 7.88. The van der Waals surface area contributed by atoms with Crippen molar-refractivity contribution in [3.8, 4) is 0 Å². The molecule has 0 N–H and O–H groups in total. The Hall–Kier alpha value is -0.220. The molecule has 0 radical (unpaired) electrons. The lowest BCUT2D eigenvalue weighted by atomic mass is 10.5. The molecule has 0 saturated carbocycles. The van der Waals surface area contributed by atoms with Crippen LogP contribution in [0.1, 0.15) is 10.3 Å². The number of aromatic nitrogens is 2. The molecule has 54 valence electrons. The third-order valence-electron chi connectivity index (χ3n) is 1.08. The Kier molecular flexibility index (Phi) is 3.02. The van der Waals surface area contributed by atoms with Gasteiger partial charge in [-0.05, 0) is 12.3 Å². The summed E-state index contributed by atoms with van der Waals surface area (Å²) in [5, 5.41) is 0. The third kappa shape index (κ3) is 1.88. The zero-order valence-corrected chi connectivity index (χ0v) is 7.27. The zero-order chi connectivity index (χ0) is 7.40. The van der Waals surface area contributed by atoms with Gasteiger partial charge in [0.05, 0.1) is 10.3 Å². The molecule has 1 aromatic heterocycles. The van der Waals surface area contributed by atoms with E-state index in [0.29, 0.717) is 0 Å². The highest BCUT2D eigenvalue weighted by Gasteiger charge is 2.02. The number of hydrogen-bond acceptors (Lipinski definition) is 4. The Balaban J connectivity index is 2.75. The molecule has 0 aliphatic rings. The summed E-state index contributed by atoms with van der Waals surface area (Å²) < 4.78 is 0.169. The molecule has 1 heterocycles. The topological polar surface area (TPSA) is 25.8 Å². The lowest BCUT2D eigenvalue weighted by Gasteiger charge is -2.03. The fourth-order valence-corrected chi connectivity index (χ4v) is 1.10. The Labute approximate surface area is 69.9 Å². The highest BCUT2D eigenvalue weighted by atomic mass is 32.2. The van der Waals surface area contributed by atoms with Crippen LogP contribution in [0.5, 0.6) is 0 Å². The van der Waals surface area contributed by atoms with Crippen LogP contribution in [-0.2, 0) is 0 Å². The Bertz CT molecular complexity index is 190. The highest BCUT2D eigenvalue weighted by molar-refractivity contribution is 8.09. The summed E-state index contributed by atoms with van der Waals surface area (Å²) in [6.07, 6.45) is 5.26. The minimum absolute atomic E-state index is 0.169. The first-order valence-corrected chi connectivity index (χ1v) is 4.62. The van der Waals surface area contributed by atoms with Gasteiger partial charge in [0.15, 0.2) is 0 Å². The van der Waals surface area contributed by atoms with Crippen molar-refractivity contribution in [3.63, 3.8) is 0 Å². The van der Waals surface area contributed by atoms with E-state index in [1.165, 1.54) is 6.33 Å². The Morgan fingerprint density at radius 2 is 2.50 bits per heavy atom. The first-order valence-electron chi connectivity index (χ1n) is 2.81. The van der Waals surface area contributed by atoms with Crippen molar-refractivity contribution in [1.82, 2.24) is 9.97 Å². The molecule has 0 fully saturated rings. The quantitative estimate of drug-likeness (QED) is 0.544. The van der Waals surface area contributed by atoms with E-state index in [-0.39, 0.29) is 4.58 Å². The highest BCUT2D eigenvalue weighted by Crippen LogP contribution is 2.27. The number of thiol groups is 1. The standard InChI is InChI=1S/C6H8N2S2/c1-10-6(9)5-2-3-7-4-8-5/h2-4,6,9H,1H3. The average molecular weight is 172 g/mol. The maximum Gasteiger partial charge on any atom is 0.115 e. The summed E-state index contributed by atoms with van der Waals surface area (Å²) in [6.45, 7) is 0. The largest absolute Gasteiger partial charge is 0.245 e. The number of rotatable bonds is 2. The molecule has 2 nitrogen and oxygen atoms in total. The van der Waals surface area contributed by atoms with E-state index < -0.39 is 0 Å². The van der Waals surface area contributed by atoms with Crippen molar-refractivity contribution in [2.75, 3.05) is 6.26 Å². The normalized spacial score (nSPS) is 13.0. The molecule has 0 aromatic carbocycles. The smallest absolute Gasteiger partial charge is 0.115 e. The molecule has 1 rings (SSSR count). The van der Waals surface area contributed by atoms with E-state index in [9.17, 15) is 0 Å². The van der Waals surface area contributed by atoms with Gasteiger partial charge in [0.25, 0.3) is 0 Å². The van der Waals surface area contributed by atoms with Crippen molar-refractivity contribution in [1.29, 1.82) is 0 Å². The molecule has 4 heteroatoms. The SMILES string of the molecule is CSC(S)c1ccncn1. The van der Waals surface area contributed by atoms with Gasteiger partial charge in [-0.1, -0.05) is 0 Å². The van der Waals surface area contributed by atoms with Crippen LogP contribution in [0.25, 0.3) is 0 Å². The summed E-state index contributed by atoms with van der Waals surface area (Å²) in [4.78, 5) is 7.85. The Morgan fingerprint density at radius 1 is 1.70 bits per heavy atom. The maximum absolute atomic E-state index is 4.29. The van der Waals surface area contributed by atoms with Crippen LogP contribution in [0.15, 0.2) is 18.6 Å². The molecular formula is C6H8N2S2. The lowest BCUT2D eigenvalue weighted by molar-refractivity contribution is 1.08. The predicted octanol–water partition coefficient (Wildman–Crippen LogP) is 1.77. The van der Waals surface area contributed by atoms with Crippen LogP contribution in [-0.4, -0.2) is 16.2 Å². The van der Waals surface area contributed by atoms with Gasteiger partial charge in [-0.2, -0.15) is 12.6 Å². The second kappa shape index (κ2) is 3.83. The van der Waals surface area contributed by atoms with E-state index in [1.807, 2.05) is 12.3 Å². The predicted molar refractivity (Wildman–Crippen MR) is 47.3 cm³/mol. The summed E-state index contributed by atoms with van der Waals surface area (Å²) in [5.74, 6) is 0. The van der Waals surface area contributed by atoms with Crippen molar-refractivity contribution < 1.29 is 0 Å². The van der Waals surface area contributed by atoms with Crippen LogP contribution in [0, 0.1) is 0 Å². The van der Waals surface area contributed by atoms with Crippen LogP contribution >= 0.6 is 24.4 Å². The minimum atomic E-state index is 0.169. The summed E-state index contributed by atoms with van der Waals surface area (Å²) in [7, 11) is 0. The van der Waals surface area contributed by atoms with Gasteiger partial charge < -0.3 is 0 Å². The van der Waals surface area contributed by atoms with E-state index in [1.54, 1.807) is 18.0 Å². The molecule has 0 saturated heterocycles. The zero-order valence-electron chi connectivity index (χ0n) is 5.56. The van der Waals surface area contributed by atoms with Crippen molar-refractivity contribution in [2.24, 2.45) is 0 Å². The second-order valence-corrected chi connectivity index (χ2v) is 3.53. The monoisotopic (exact) mass is 172 g/mol. The summed E-state index contributed by atoms with van der Waals surface area (Å²) in [6, 6.07) is 1.87. The second-order valence-electron chi connectivity index (χ2n) is 1.72. The molecule has 1 aromatic rings. The average Bonchev–Trinajstić information content (AvgIpc) is 2.05. The number of hydrogen-bond donors (Lipinski definition) is 1. The molecule has 10 heavy (non-hydrogen) atoms. The van der Waals surface area contributed by atoms with Gasteiger partial charge in [0, 0.05) is 6.20 Å². The molecule has 0 aliphatic carbocycles. The lowest BCUT2D eigenvalue weighted by Crippen LogP contribution is -1.88. The van der Waals surface area contributed by atoms with Gasteiger partial charge in [-0.25, -0.2) is 9.97 Å². The fraction of sp³-hybridized carbons (Fsp3) is 0.333. The summed E-state index contributed by atoms with van der Waals surface area (Å²) >= 11 is 5.94. The molecule has 0 bridgehead atoms. The Morgan fingerprint density at radius 3 is 3.00 bits per heavy atom. The molecule has 1 unspecified atom stereocenters. The van der Waals surface area contributed by atoms with E-state index >= 15 is 0 Å². The van der Waals surface area contributed by atoms with Crippen molar-refractivity contribution in [2.45, 2.75) is 4.58 Å². The molecular weight excluding hydrogens is 164 g/mol. The van der Waals surface area contributed by atoms with Crippen molar-refractivity contribution >= 4 is 24.4 Å². The van der Waals surface area contributed by atoms with Crippen LogP contribution < -0.4 is 0 Å². The van der Waals surface area contributed by atoms with Gasteiger partial charge in [0.2, 0.25) is 0 Å². The van der Waals surface area contributed by atoms with Gasteiger partial charge in [-0.3, -0.25) is 0 Å². The van der Waals surface area contributed by atoms with E-state index in [0.717, 1.165) is 5.69 Å². The maximum atomic E-state index is 4.29. The van der Waals surface area contributed by atoms with Crippen LogP contribution in [0.4, 0.5) is 0 Å². The van der Waals surface area contributed by atoms with E-state index in [4.69, 9.17) is 0 Å². The number of nitrogens with zero attached hydrogens (tertiary/aromatic N) is 2. The molecule has 0 aliphatic heterocycles. The number of thioether (sulfide) groups is 1. The summed E-state index contributed by atoms with van der Waals surface area (Å²) in [5.41, 5.74) is 0.964. The third-order valence-corrected chi connectivity index (χ3v) is 2.67. The molecule has 1 atom stereocenters.